The molecule has 0 saturated heterocycles. The third-order valence-corrected chi connectivity index (χ3v) is 2.09. The van der Waals surface area contributed by atoms with Crippen LogP contribution in [0.15, 0.2) is 12.1 Å². The number of hydrogen-bond donors (Lipinski definition) is 1. The highest BCUT2D eigenvalue weighted by Crippen LogP contribution is 2.35. The van der Waals surface area contributed by atoms with Crippen molar-refractivity contribution in [3.8, 4) is 0 Å². The Balaban J connectivity index is 3.29. The number of benzene rings is 1. The molecule has 0 heterocycles. The van der Waals surface area contributed by atoms with E-state index in [1.165, 1.54) is 0 Å². The number of nitrogens with two attached hydrogens (primary N) is 1. The normalized spacial score (nSPS) is 11.6. The lowest BCUT2D eigenvalue weighted by Crippen LogP contribution is -2.20. The first-order valence-electron chi connectivity index (χ1n) is 4.51. The Kier molecular flexibility index (Phi) is 3.66. The fourth-order valence-corrected chi connectivity index (χ4v) is 1.27. The summed E-state index contributed by atoms with van der Waals surface area (Å²) in [4.78, 5) is 9.06. The highest BCUT2D eigenvalue weighted by atomic mass is 19.3. The molecule has 1 aromatic carbocycles. The van der Waals surface area contributed by atoms with Crippen LogP contribution in [0.4, 0.5) is 23.2 Å². The van der Waals surface area contributed by atoms with Crippen LogP contribution < -0.4 is 5.73 Å². The second-order valence-corrected chi connectivity index (χ2v) is 3.28. The first-order chi connectivity index (χ1) is 7.79. The van der Waals surface area contributed by atoms with Crippen molar-refractivity contribution in [2.24, 2.45) is 5.73 Å². The minimum atomic E-state index is -3.66. The molecular formula is C9H8F4N2O2. The van der Waals surface area contributed by atoms with E-state index in [9.17, 15) is 27.7 Å². The first-order valence-corrected chi connectivity index (χ1v) is 4.51. The molecule has 0 radical (unpaired) electrons. The maximum atomic E-state index is 13.3. The molecule has 0 saturated carbocycles. The molecule has 0 amide bonds. The quantitative estimate of drug-likeness (QED) is 0.508. The van der Waals surface area contributed by atoms with E-state index in [0.29, 0.717) is 0 Å². The van der Waals surface area contributed by atoms with E-state index in [1.54, 1.807) is 0 Å². The van der Waals surface area contributed by atoms with Gasteiger partial charge in [-0.25, -0.2) is 13.2 Å². The molecule has 1 rings (SSSR count). The molecule has 94 valence electrons. The third-order valence-electron chi connectivity index (χ3n) is 2.09. The van der Waals surface area contributed by atoms with Crippen molar-refractivity contribution >= 4 is 5.69 Å². The summed E-state index contributed by atoms with van der Waals surface area (Å²) >= 11 is 0. The predicted molar refractivity (Wildman–Crippen MR) is 50.6 cm³/mol. The lowest BCUT2D eigenvalue weighted by Gasteiger charge is -2.16. The standard InChI is InChI=1S/C9H8F4N2O2/c10-6-4-8(15(16)17)7(11)3-5(6)9(12,13)1-2-14/h3-4H,1-2,14H2. The van der Waals surface area contributed by atoms with Crippen LogP contribution in [0.5, 0.6) is 0 Å². The van der Waals surface area contributed by atoms with Crippen LogP contribution in [0.2, 0.25) is 0 Å². The number of alkyl halides is 2. The minimum Gasteiger partial charge on any atom is -0.330 e. The van der Waals surface area contributed by atoms with Gasteiger partial charge in [0.05, 0.1) is 16.6 Å². The van der Waals surface area contributed by atoms with Crippen LogP contribution in [0.25, 0.3) is 0 Å². The highest BCUT2D eigenvalue weighted by molar-refractivity contribution is 5.38. The van der Waals surface area contributed by atoms with Gasteiger partial charge in [0, 0.05) is 6.42 Å². The molecule has 0 unspecified atom stereocenters. The Hall–Kier alpha value is -1.70. The molecule has 0 aliphatic carbocycles. The van der Waals surface area contributed by atoms with Crippen molar-refractivity contribution in [3.05, 3.63) is 39.4 Å². The average Bonchev–Trinajstić information content (AvgIpc) is 2.20. The summed E-state index contributed by atoms with van der Waals surface area (Å²) in [5.74, 6) is -6.70. The van der Waals surface area contributed by atoms with E-state index in [4.69, 9.17) is 5.73 Å². The van der Waals surface area contributed by atoms with Crippen molar-refractivity contribution in [2.45, 2.75) is 12.3 Å². The van der Waals surface area contributed by atoms with Crippen LogP contribution in [-0.4, -0.2) is 11.5 Å². The lowest BCUT2D eigenvalue weighted by molar-refractivity contribution is -0.387. The lowest BCUT2D eigenvalue weighted by atomic mass is 10.0. The highest BCUT2D eigenvalue weighted by Gasteiger charge is 2.36. The molecule has 0 spiro atoms. The van der Waals surface area contributed by atoms with Crippen molar-refractivity contribution in [1.82, 2.24) is 0 Å². The van der Waals surface area contributed by atoms with Crippen molar-refractivity contribution in [1.29, 1.82) is 0 Å². The predicted octanol–water partition coefficient (Wildman–Crippen LogP) is 2.31. The molecule has 0 aliphatic rings. The summed E-state index contributed by atoms with van der Waals surface area (Å²) in [7, 11) is 0. The number of nitro benzene ring substituents is 1. The minimum absolute atomic E-state index is 0.128. The van der Waals surface area contributed by atoms with E-state index in [0.717, 1.165) is 0 Å². The summed E-state index contributed by atoms with van der Waals surface area (Å²) < 4.78 is 52.8. The van der Waals surface area contributed by atoms with Crippen molar-refractivity contribution in [2.75, 3.05) is 6.54 Å². The van der Waals surface area contributed by atoms with Crippen LogP contribution >= 0.6 is 0 Å². The zero-order valence-corrected chi connectivity index (χ0v) is 8.42. The number of rotatable bonds is 4. The van der Waals surface area contributed by atoms with Gasteiger partial charge in [0.2, 0.25) is 5.82 Å². The largest absolute Gasteiger partial charge is 0.330 e. The summed E-state index contributed by atoms with van der Waals surface area (Å²) in [6, 6.07) is 0.262. The van der Waals surface area contributed by atoms with Gasteiger partial charge in [-0.3, -0.25) is 10.1 Å². The Morgan fingerprint density at radius 3 is 2.35 bits per heavy atom. The van der Waals surface area contributed by atoms with Crippen molar-refractivity contribution < 1.29 is 22.5 Å². The summed E-state index contributed by atoms with van der Waals surface area (Å²) in [6.45, 7) is -0.426. The Morgan fingerprint density at radius 1 is 1.29 bits per heavy atom. The fraction of sp³-hybridized carbons (Fsp3) is 0.333. The van der Waals surface area contributed by atoms with Gasteiger partial charge >= 0.3 is 5.69 Å². The van der Waals surface area contributed by atoms with Crippen molar-refractivity contribution in [3.63, 3.8) is 0 Å². The van der Waals surface area contributed by atoms with E-state index in [2.05, 4.69) is 0 Å². The molecule has 8 heteroatoms. The first kappa shape index (κ1) is 13.4. The van der Waals surface area contributed by atoms with Gasteiger partial charge in [-0.1, -0.05) is 0 Å². The maximum Gasteiger partial charge on any atom is 0.307 e. The molecular weight excluding hydrogens is 244 g/mol. The Bertz CT molecular complexity index is 451. The molecule has 1 aromatic rings. The second kappa shape index (κ2) is 4.66. The molecule has 0 bridgehead atoms. The maximum absolute atomic E-state index is 13.3. The average molecular weight is 252 g/mol. The topological polar surface area (TPSA) is 69.2 Å². The number of nitro groups is 1. The number of halogens is 4. The van der Waals surface area contributed by atoms with E-state index < -0.39 is 46.7 Å². The van der Waals surface area contributed by atoms with Gasteiger partial charge in [-0.15, -0.1) is 0 Å². The van der Waals surface area contributed by atoms with Crippen LogP contribution in [-0.2, 0) is 5.92 Å². The van der Waals surface area contributed by atoms with E-state index in [-0.39, 0.29) is 12.1 Å². The van der Waals surface area contributed by atoms with Crippen LogP contribution in [0.3, 0.4) is 0 Å². The summed E-state index contributed by atoms with van der Waals surface area (Å²) in [5.41, 5.74) is 2.50. The van der Waals surface area contributed by atoms with E-state index >= 15 is 0 Å². The second-order valence-electron chi connectivity index (χ2n) is 3.28. The van der Waals surface area contributed by atoms with Crippen LogP contribution in [0, 0.1) is 21.7 Å². The SMILES string of the molecule is NCCC(F)(F)c1cc(F)c([N+](=O)[O-])cc1F. The molecule has 0 atom stereocenters. The molecule has 0 aliphatic heterocycles. The smallest absolute Gasteiger partial charge is 0.307 e. The zero-order valence-electron chi connectivity index (χ0n) is 8.42. The fourth-order valence-electron chi connectivity index (χ4n) is 1.27. The molecule has 0 aromatic heterocycles. The Labute approximate surface area is 93.2 Å². The van der Waals surface area contributed by atoms with Gasteiger partial charge < -0.3 is 5.73 Å². The molecule has 17 heavy (non-hydrogen) atoms. The number of hydrogen-bond acceptors (Lipinski definition) is 3. The molecule has 2 N–H and O–H groups in total. The van der Waals surface area contributed by atoms with Gasteiger partial charge in [0.1, 0.15) is 5.82 Å². The van der Waals surface area contributed by atoms with Gasteiger partial charge in [-0.2, -0.15) is 4.39 Å². The van der Waals surface area contributed by atoms with Gasteiger partial charge in [-0.05, 0) is 12.6 Å². The monoisotopic (exact) mass is 252 g/mol. The number of nitrogens with zero attached hydrogens (tertiary/aromatic N) is 1. The van der Waals surface area contributed by atoms with Crippen LogP contribution in [0.1, 0.15) is 12.0 Å². The van der Waals surface area contributed by atoms with Gasteiger partial charge in [0.15, 0.2) is 0 Å². The van der Waals surface area contributed by atoms with E-state index in [1.807, 2.05) is 0 Å². The Morgan fingerprint density at radius 2 is 1.88 bits per heavy atom. The summed E-state index contributed by atoms with van der Waals surface area (Å²) in [6.07, 6.45) is -0.874. The molecule has 0 fully saturated rings. The zero-order chi connectivity index (χ0) is 13.2. The third kappa shape index (κ3) is 2.70. The molecule has 4 nitrogen and oxygen atoms in total. The van der Waals surface area contributed by atoms with Gasteiger partial charge in [0.25, 0.3) is 5.92 Å². The summed E-state index contributed by atoms with van der Waals surface area (Å²) in [5, 5.41) is 10.3.